The third-order valence-corrected chi connectivity index (χ3v) is 5.00. The number of hydrogen-bond acceptors (Lipinski definition) is 4. The van der Waals surface area contributed by atoms with Crippen LogP contribution in [-0.4, -0.2) is 18.1 Å². The third-order valence-electron chi connectivity index (χ3n) is 2.96. The van der Waals surface area contributed by atoms with Crippen molar-refractivity contribution >= 4 is 56.3 Å². The van der Waals surface area contributed by atoms with E-state index in [2.05, 4.69) is 51.6 Å². The molecule has 3 nitrogen and oxygen atoms in total. The van der Waals surface area contributed by atoms with E-state index in [1.165, 1.54) is 4.88 Å². The molecule has 0 spiro atoms. The second kappa shape index (κ2) is 7.47. The molecule has 1 aromatic heterocycles. The van der Waals surface area contributed by atoms with Crippen molar-refractivity contribution in [3.63, 3.8) is 0 Å². The van der Waals surface area contributed by atoms with Crippen LogP contribution in [0.3, 0.4) is 0 Å². The molecule has 0 aliphatic carbocycles. The predicted octanol–water partition coefficient (Wildman–Crippen LogP) is 4.86. The summed E-state index contributed by atoms with van der Waals surface area (Å²) in [4.78, 5) is 7.94. The van der Waals surface area contributed by atoms with E-state index < -0.39 is 0 Å². The van der Waals surface area contributed by atoms with E-state index in [0.717, 1.165) is 39.0 Å². The fourth-order valence-electron chi connectivity index (χ4n) is 1.83. The van der Waals surface area contributed by atoms with Gasteiger partial charge in [-0.05, 0) is 54.6 Å². The lowest BCUT2D eigenvalue weighted by Gasteiger charge is -2.16. The van der Waals surface area contributed by atoms with E-state index in [-0.39, 0.29) is 0 Å². The number of benzene rings is 1. The van der Waals surface area contributed by atoms with Crippen molar-refractivity contribution in [2.24, 2.45) is 0 Å². The monoisotopic (exact) mass is 421 g/mol. The van der Waals surface area contributed by atoms with Gasteiger partial charge in [0, 0.05) is 27.7 Å². The number of thiazole rings is 1. The molecule has 0 amide bonds. The van der Waals surface area contributed by atoms with Crippen molar-refractivity contribution in [3.05, 3.63) is 37.9 Å². The van der Waals surface area contributed by atoms with E-state index in [0.29, 0.717) is 0 Å². The van der Waals surface area contributed by atoms with Gasteiger partial charge in [0.1, 0.15) is 0 Å². The van der Waals surface area contributed by atoms with Gasteiger partial charge < -0.3 is 10.2 Å². The molecule has 2 aromatic rings. The Labute approximate surface area is 142 Å². The maximum Gasteiger partial charge on any atom is 0.185 e. The van der Waals surface area contributed by atoms with E-state index in [9.17, 15) is 0 Å². The number of anilines is 2. The topological polar surface area (TPSA) is 28.2 Å². The number of nitrogens with one attached hydrogen (secondary N) is 1. The van der Waals surface area contributed by atoms with Gasteiger partial charge in [-0.15, -0.1) is 11.3 Å². The highest BCUT2D eigenvalue weighted by molar-refractivity contribution is 14.1. The summed E-state index contributed by atoms with van der Waals surface area (Å²) in [6.07, 6.45) is 1.94. The summed E-state index contributed by atoms with van der Waals surface area (Å²) in [5, 5.41) is 5.20. The highest BCUT2D eigenvalue weighted by Crippen LogP contribution is 2.26. The SMILES string of the molecule is CCN(CC)c1ncc(CNc2ccc(I)cc2Cl)s1. The van der Waals surface area contributed by atoms with Crippen LogP contribution in [0.2, 0.25) is 5.02 Å². The lowest BCUT2D eigenvalue weighted by atomic mass is 10.3. The van der Waals surface area contributed by atoms with Crippen molar-refractivity contribution in [3.8, 4) is 0 Å². The molecule has 0 bridgehead atoms. The predicted molar refractivity (Wildman–Crippen MR) is 97.2 cm³/mol. The summed E-state index contributed by atoms with van der Waals surface area (Å²) in [7, 11) is 0. The molecule has 0 radical (unpaired) electrons. The van der Waals surface area contributed by atoms with Gasteiger partial charge in [-0.25, -0.2) is 4.98 Å². The van der Waals surface area contributed by atoms with Crippen molar-refractivity contribution < 1.29 is 0 Å². The maximum atomic E-state index is 6.21. The molecule has 0 unspecified atom stereocenters. The molecule has 0 fully saturated rings. The van der Waals surface area contributed by atoms with Gasteiger partial charge in [0.15, 0.2) is 5.13 Å². The second-order valence-corrected chi connectivity index (χ2v) is 7.01. The van der Waals surface area contributed by atoms with Crippen LogP contribution in [0.5, 0.6) is 0 Å². The average Bonchev–Trinajstić information content (AvgIpc) is 2.88. The van der Waals surface area contributed by atoms with Crippen LogP contribution >= 0.6 is 45.5 Å². The van der Waals surface area contributed by atoms with Crippen LogP contribution in [-0.2, 0) is 6.54 Å². The van der Waals surface area contributed by atoms with Gasteiger partial charge in [0.25, 0.3) is 0 Å². The first-order valence-electron chi connectivity index (χ1n) is 6.52. The highest BCUT2D eigenvalue weighted by Gasteiger charge is 2.08. The number of aromatic nitrogens is 1. The van der Waals surface area contributed by atoms with Gasteiger partial charge >= 0.3 is 0 Å². The first-order chi connectivity index (χ1) is 9.63. The molecule has 0 saturated carbocycles. The Balaban J connectivity index is 2.00. The highest BCUT2D eigenvalue weighted by atomic mass is 127. The summed E-state index contributed by atoms with van der Waals surface area (Å²) in [5.41, 5.74) is 0.963. The minimum Gasteiger partial charge on any atom is -0.379 e. The summed E-state index contributed by atoms with van der Waals surface area (Å²) in [5.74, 6) is 0. The number of halogens is 2. The zero-order valence-electron chi connectivity index (χ0n) is 11.5. The Hall–Kier alpha value is -0.530. The van der Waals surface area contributed by atoms with Crippen LogP contribution in [0, 0.1) is 3.57 Å². The van der Waals surface area contributed by atoms with E-state index in [4.69, 9.17) is 11.6 Å². The second-order valence-electron chi connectivity index (χ2n) is 4.26. The Morgan fingerprint density at radius 1 is 1.35 bits per heavy atom. The molecule has 0 aliphatic heterocycles. The van der Waals surface area contributed by atoms with Gasteiger partial charge in [0.05, 0.1) is 17.3 Å². The Morgan fingerprint density at radius 2 is 2.10 bits per heavy atom. The maximum absolute atomic E-state index is 6.21. The average molecular weight is 422 g/mol. The Morgan fingerprint density at radius 3 is 2.75 bits per heavy atom. The normalized spacial score (nSPS) is 10.6. The van der Waals surface area contributed by atoms with Crippen LogP contribution in [0.25, 0.3) is 0 Å². The van der Waals surface area contributed by atoms with Gasteiger partial charge in [-0.1, -0.05) is 11.6 Å². The van der Waals surface area contributed by atoms with Crippen LogP contribution in [0.15, 0.2) is 24.4 Å². The van der Waals surface area contributed by atoms with Crippen molar-refractivity contribution in [1.82, 2.24) is 4.98 Å². The molecule has 1 aromatic carbocycles. The summed E-state index contributed by atoms with van der Waals surface area (Å²) >= 11 is 10.2. The first-order valence-corrected chi connectivity index (χ1v) is 8.80. The molecule has 0 aliphatic rings. The van der Waals surface area contributed by atoms with Crippen LogP contribution in [0.4, 0.5) is 10.8 Å². The molecule has 1 N–H and O–H groups in total. The number of nitrogens with zero attached hydrogens (tertiary/aromatic N) is 2. The standard InChI is InChI=1S/C14H17ClIN3S/c1-3-19(4-2)14-18-9-11(20-14)8-17-13-6-5-10(16)7-12(13)15/h5-7,9,17H,3-4,8H2,1-2H3. The molecule has 108 valence electrons. The lowest BCUT2D eigenvalue weighted by molar-refractivity contribution is 0.860. The zero-order chi connectivity index (χ0) is 14.5. The zero-order valence-corrected chi connectivity index (χ0v) is 15.2. The molecular weight excluding hydrogens is 405 g/mol. The van der Waals surface area contributed by atoms with Crippen molar-refractivity contribution in [2.75, 3.05) is 23.3 Å². The van der Waals surface area contributed by atoms with Crippen molar-refractivity contribution in [2.45, 2.75) is 20.4 Å². The summed E-state index contributed by atoms with van der Waals surface area (Å²) < 4.78 is 1.14. The minimum atomic E-state index is 0.749. The van der Waals surface area contributed by atoms with Crippen molar-refractivity contribution in [1.29, 1.82) is 0 Å². The lowest BCUT2D eigenvalue weighted by Crippen LogP contribution is -2.21. The van der Waals surface area contributed by atoms with E-state index in [1.54, 1.807) is 11.3 Å². The fraction of sp³-hybridized carbons (Fsp3) is 0.357. The minimum absolute atomic E-state index is 0.749. The molecule has 0 atom stereocenters. The van der Waals surface area contributed by atoms with Crippen LogP contribution < -0.4 is 10.2 Å². The molecule has 6 heteroatoms. The third kappa shape index (κ3) is 3.99. The van der Waals surface area contributed by atoms with Gasteiger partial charge in [0.2, 0.25) is 0 Å². The van der Waals surface area contributed by atoms with Gasteiger partial charge in [-0.2, -0.15) is 0 Å². The van der Waals surface area contributed by atoms with Gasteiger partial charge in [-0.3, -0.25) is 0 Å². The van der Waals surface area contributed by atoms with E-state index in [1.807, 2.05) is 24.4 Å². The van der Waals surface area contributed by atoms with E-state index >= 15 is 0 Å². The Kier molecular flexibility index (Phi) is 5.92. The number of rotatable bonds is 6. The largest absolute Gasteiger partial charge is 0.379 e. The smallest absolute Gasteiger partial charge is 0.185 e. The summed E-state index contributed by atoms with van der Waals surface area (Å²) in [6, 6.07) is 6.01. The molecular formula is C14H17ClIN3S. The molecule has 20 heavy (non-hydrogen) atoms. The quantitative estimate of drug-likeness (QED) is 0.675. The first kappa shape index (κ1) is 15.9. The Bertz CT molecular complexity index is 569. The molecule has 0 saturated heterocycles. The van der Waals surface area contributed by atoms with Crippen LogP contribution in [0.1, 0.15) is 18.7 Å². The number of hydrogen-bond donors (Lipinski definition) is 1. The molecule has 2 rings (SSSR count). The fourth-order valence-corrected chi connectivity index (χ4v) is 3.73. The molecule has 1 heterocycles. The summed E-state index contributed by atoms with van der Waals surface area (Å²) in [6.45, 7) is 7.02.